The maximum atomic E-state index is 12.7. The van der Waals surface area contributed by atoms with Crippen molar-refractivity contribution < 1.29 is 18.0 Å². The molecule has 1 aromatic rings. The van der Waals surface area contributed by atoms with E-state index in [1.165, 1.54) is 0 Å². The zero-order valence-electron chi connectivity index (χ0n) is 8.46. The van der Waals surface area contributed by atoms with Gasteiger partial charge in [0.15, 0.2) is 0 Å². The monoisotopic (exact) mass is 264 g/mol. The number of nitrogens with zero attached hydrogens (tertiary/aromatic N) is 1. The van der Waals surface area contributed by atoms with Gasteiger partial charge >= 0.3 is 6.18 Å². The van der Waals surface area contributed by atoms with E-state index in [9.17, 15) is 18.0 Å². The van der Waals surface area contributed by atoms with Crippen LogP contribution in [0.3, 0.4) is 0 Å². The van der Waals surface area contributed by atoms with Crippen molar-refractivity contribution in [2.75, 3.05) is 0 Å². The molecular weight excluding hydrogens is 257 g/mol. The molecule has 1 unspecified atom stereocenters. The number of carbonyl (C=O) groups excluding carboxylic acids is 1. The van der Waals surface area contributed by atoms with E-state index >= 15 is 0 Å². The predicted octanol–water partition coefficient (Wildman–Crippen LogP) is 2.44. The van der Waals surface area contributed by atoms with Crippen molar-refractivity contribution in [2.45, 2.75) is 11.8 Å². The number of halogens is 4. The van der Waals surface area contributed by atoms with Crippen LogP contribution in [-0.4, -0.2) is 18.1 Å². The van der Waals surface area contributed by atoms with E-state index in [4.69, 9.17) is 17.3 Å². The fourth-order valence-corrected chi connectivity index (χ4v) is 1.33. The van der Waals surface area contributed by atoms with Gasteiger partial charge in [-0.2, -0.15) is 13.2 Å². The number of aliphatic imine (C=N–C) groups is 1. The molecule has 0 bridgehead atoms. The van der Waals surface area contributed by atoms with Gasteiger partial charge in [-0.05, 0) is 30.5 Å². The molecule has 1 rings (SSSR count). The molecule has 0 saturated carbocycles. The zero-order chi connectivity index (χ0) is 13.3. The Morgan fingerprint density at radius 2 is 1.76 bits per heavy atom. The smallest absolute Gasteiger partial charge is 0.296 e. The Morgan fingerprint density at radius 3 is 2.06 bits per heavy atom. The lowest BCUT2D eigenvalue weighted by Gasteiger charge is -2.27. The molecule has 17 heavy (non-hydrogen) atoms. The summed E-state index contributed by atoms with van der Waals surface area (Å²) in [6, 6.07) is 4.36. The SMILES string of the molecule is C=NC(N)(c1ccc(C(=O)Cl)cc1)C(F)(F)F. The average Bonchev–Trinajstić information content (AvgIpc) is 2.26. The first-order valence-corrected chi connectivity index (χ1v) is 4.74. The number of alkyl halides is 3. The molecule has 0 saturated heterocycles. The van der Waals surface area contributed by atoms with Crippen LogP contribution in [0.2, 0.25) is 0 Å². The number of rotatable bonds is 3. The number of benzene rings is 1. The Morgan fingerprint density at radius 1 is 1.29 bits per heavy atom. The minimum atomic E-state index is -4.78. The van der Waals surface area contributed by atoms with Crippen molar-refractivity contribution in [3.63, 3.8) is 0 Å². The molecule has 0 aliphatic rings. The second kappa shape index (κ2) is 4.46. The highest BCUT2D eigenvalue weighted by atomic mass is 35.5. The number of hydrogen-bond donors (Lipinski definition) is 1. The second-order valence-electron chi connectivity index (χ2n) is 3.27. The molecule has 0 aliphatic carbocycles. The molecule has 0 aromatic heterocycles. The summed E-state index contributed by atoms with van der Waals surface area (Å²) in [5, 5.41) is -0.766. The van der Waals surface area contributed by atoms with E-state index in [1.807, 2.05) is 0 Å². The van der Waals surface area contributed by atoms with Gasteiger partial charge in [-0.1, -0.05) is 12.1 Å². The standard InChI is InChI=1S/C10H8ClF3N2O/c1-16-9(15,10(12,13)14)7-4-2-6(3-5-7)8(11)17/h2-5H,1,15H2. The third-order valence-corrected chi connectivity index (χ3v) is 2.45. The lowest BCUT2D eigenvalue weighted by atomic mass is 9.99. The van der Waals surface area contributed by atoms with Gasteiger partial charge in [-0.15, -0.1) is 0 Å². The van der Waals surface area contributed by atoms with Crippen LogP contribution in [0.25, 0.3) is 0 Å². The van der Waals surface area contributed by atoms with E-state index in [0.29, 0.717) is 0 Å². The first-order chi connectivity index (χ1) is 7.72. The first kappa shape index (κ1) is 13.7. The van der Waals surface area contributed by atoms with Crippen LogP contribution in [0.1, 0.15) is 15.9 Å². The van der Waals surface area contributed by atoms with Crippen molar-refractivity contribution in [1.29, 1.82) is 0 Å². The normalized spacial score (nSPS) is 15.1. The number of carbonyl (C=O) groups is 1. The molecule has 0 aliphatic heterocycles. The summed E-state index contributed by atoms with van der Waals surface area (Å²) in [6.45, 7) is 2.85. The van der Waals surface area contributed by atoms with Gasteiger partial charge in [0.05, 0.1) is 0 Å². The summed E-state index contributed by atoms with van der Waals surface area (Å²) in [5.41, 5.74) is 2.02. The van der Waals surface area contributed by atoms with Gasteiger partial charge in [0.25, 0.3) is 5.24 Å². The summed E-state index contributed by atoms with van der Waals surface area (Å²) in [4.78, 5) is 13.7. The maximum Gasteiger partial charge on any atom is 0.431 e. The zero-order valence-corrected chi connectivity index (χ0v) is 9.22. The van der Waals surface area contributed by atoms with Crippen molar-refractivity contribution >= 4 is 23.6 Å². The summed E-state index contributed by atoms with van der Waals surface area (Å²) in [6.07, 6.45) is -4.78. The van der Waals surface area contributed by atoms with Crippen LogP contribution < -0.4 is 5.73 Å². The van der Waals surface area contributed by atoms with Crippen LogP contribution in [0, 0.1) is 0 Å². The fourth-order valence-electron chi connectivity index (χ4n) is 1.20. The van der Waals surface area contributed by atoms with E-state index in [1.54, 1.807) is 0 Å². The van der Waals surface area contributed by atoms with Gasteiger partial charge < -0.3 is 0 Å². The molecule has 0 heterocycles. The van der Waals surface area contributed by atoms with Gasteiger partial charge in [-0.3, -0.25) is 15.5 Å². The highest BCUT2D eigenvalue weighted by Gasteiger charge is 2.53. The summed E-state index contributed by atoms with van der Waals surface area (Å²) in [7, 11) is 0. The van der Waals surface area contributed by atoms with Crippen LogP contribution in [-0.2, 0) is 5.66 Å². The van der Waals surface area contributed by atoms with E-state index in [2.05, 4.69) is 11.7 Å². The lowest BCUT2D eigenvalue weighted by molar-refractivity contribution is -0.186. The van der Waals surface area contributed by atoms with Crippen LogP contribution in [0.4, 0.5) is 13.2 Å². The van der Waals surface area contributed by atoms with Crippen LogP contribution in [0.15, 0.2) is 29.3 Å². The number of hydrogen-bond acceptors (Lipinski definition) is 3. The van der Waals surface area contributed by atoms with E-state index < -0.39 is 17.1 Å². The Labute approximate surface area is 100 Å². The summed E-state index contributed by atoms with van der Waals surface area (Å²) in [5.74, 6) is 0. The minimum Gasteiger partial charge on any atom is -0.296 e. The van der Waals surface area contributed by atoms with Gasteiger partial charge in [0, 0.05) is 11.1 Å². The van der Waals surface area contributed by atoms with Gasteiger partial charge in [0.1, 0.15) is 0 Å². The highest BCUT2D eigenvalue weighted by molar-refractivity contribution is 6.67. The summed E-state index contributed by atoms with van der Waals surface area (Å²) >= 11 is 5.17. The van der Waals surface area contributed by atoms with Gasteiger partial charge in [0.2, 0.25) is 5.66 Å². The van der Waals surface area contributed by atoms with E-state index in [0.717, 1.165) is 24.3 Å². The van der Waals surface area contributed by atoms with Crippen LogP contribution in [0.5, 0.6) is 0 Å². The maximum absolute atomic E-state index is 12.7. The van der Waals surface area contributed by atoms with E-state index in [-0.39, 0.29) is 11.1 Å². The molecule has 3 nitrogen and oxygen atoms in total. The van der Waals surface area contributed by atoms with Gasteiger partial charge in [-0.25, -0.2) is 0 Å². The van der Waals surface area contributed by atoms with Crippen molar-refractivity contribution in [3.05, 3.63) is 35.4 Å². The molecular formula is C10H8ClF3N2O. The van der Waals surface area contributed by atoms with Crippen LogP contribution >= 0.6 is 11.6 Å². The minimum absolute atomic E-state index is 0.0732. The highest BCUT2D eigenvalue weighted by Crippen LogP contribution is 2.37. The molecule has 92 valence electrons. The molecule has 7 heteroatoms. The quantitative estimate of drug-likeness (QED) is 0.673. The Hall–Kier alpha value is -1.40. The molecule has 1 atom stereocenters. The topological polar surface area (TPSA) is 55.4 Å². The average molecular weight is 265 g/mol. The third-order valence-electron chi connectivity index (χ3n) is 2.23. The molecule has 0 radical (unpaired) electrons. The third kappa shape index (κ3) is 2.48. The Kier molecular flexibility index (Phi) is 3.59. The predicted molar refractivity (Wildman–Crippen MR) is 58.1 cm³/mol. The molecule has 1 aromatic carbocycles. The Bertz CT molecular complexity index is 444. The Balaban J connectivity index is 3.23. The van der Waals surface area contributed by atoms with Crippen molar-refractivity contribution in [1.82, 2.24) is 0 Å². The fraction of sp³-hybridized carbons (Fsp3) is 0.200. The van der Waals surface area contributed by atoms with Crippen molar-refractivity contribution in [3.8, 4) is 0 Å². The second-order valence-corrected chi connectivity index (χ2v) is 3.62. The summed E-state index contributed by atoms with van der Waals surface area (Å²) < 4.78 is 38.1. The van der Waals surface area contributed by atoms with Crippen molar-refractivity contribution in [2.24, 2.45) is 10.7 Å². The molecule has 0 amide bonds. The number of nitrogens with two attached hydrogens (primary N) is 1. The molecule has 2 N–H and O–H groups in total. The lowest BCUT2D eigenvalue weighted by Crippen LogP contribution is -2.48. The molecule has 0 fully saturated rings. The first-order valence-electron chi connectivity index (χ1n) is 4.36. The largest absolute Gasteiger partial charge is 0.431 e. The molecule has 0 spiro atoms.